The first-order chi connectivity index (χ1) is 15.8. The number of benzene rings is 2. The van der Waals surface area contributed by atoms with Gasteiger partial charge in [0.15, 0.2) is 0 Å². The van der Waals surface area contributed by atoms with Gasteiger partial charge >= 0.3 is 11.9 Å². The van der Waals surface area contributed by atoms with Crippen LogP contribution < -0.4 is 11.2 Å². The molecular formula is C23H17F3N4O2S. The highest BCUT2D eigenvalue weighted by Crippen LogP contribution is 2.29. The molecule has 0 fully saturated rings. The Bertz CT molecular complexity index is 1580. The van der Waals surface area contributed by atoms with E-state index in [0.29, 0.717) is 23.2 Å². The number of fused-ring (bicyclic) bond motifs is 3. The van der Waals surface area contributed by atoms with Crippen molar-refractivity contribution in [3.63, 3.8) is 0 Å². The van der Waals surface area contributed by atoms with E-state index in [0.717, 1.165) is 22.4 Å². The Kier molecular flexibility index (Phi) is 5.16. The second kappa shape index (κ2) is 8.04. The molecule has 0 saturated heterocycles. The molecule has 0 amide bonds. The van der Waals surface area contributed by atoms with E-state index in [4.69, 9.17) is 0 Å². The highest BCUT2D eigenvalue weighted by molar-refractivity contribution is 7.17. The number of alkyl halides is 3. The summed E-state index contributed by atoms with van der Waals surface area (Å²) in [7, 11) is 0. The Morgan fingerprint density at radius 2 is 1.70 bits per heavy atom. The van der Waals surface area contributed by atoms with E-state index in [1.54, 1.807) is 11.4 Å². The molecule has 5 aromatic rings. The van der Waals surface area contributed by atoms with Gasteiger partial charge in [0.05, 0.1) is 17.6 Å². The van der Waals surface area contributed by atoms with E-state index >= 15 is 0 Å². The topological polar surface area (TPSA) is 61.3 Å². The number of aryl methyl sites for hydroxylation is 2. The maximum atomic E-state index is 13.2. The standard InChI is InChI=1S/C23H17F3N4O2S/c24-23(25,26)17-8-4-7-16(13-17)14-29-22(32)30-18-10-12-33-19(18)20(31)28(21(30)27-29)11-9-15-5-2-1-3-6-15/h1-8,10,12-13H,9,11,14H2. The third-order valence-electron chi connectivity index (χ3n) is 5.44. The summed E-state index contributed by atoms with van der Waals surface area (Å²) in [5, 5.41) is 6.08. The van der Waals surface area contributed by atoms with Crippen molar-refractivity contribution in [3.05, 3.63) is 104 Å². The summed E-state index contributed by atoms with van der Waals surface area (Å²) in [4.78, 5) is 26.3. The minimum Gasteiger partial charge on any atom is -0.275 e. The van der Waals surface area contributed by atoms with Gasteiger partial charge in [-0.1, -0.05) is 42.5 Å². The number of hydrogen-bond donors (Lipinski definition) is 0. The first-order valence-corrected chi connectivity index (χ1v) is 11.0. The first kappa shape index (κ1) is 21.2. The molecule has 168 valence electrons. The zero-order chi connectivity index (χ0) is 23.2. The summed E-state index contributed by atoms with van der Waals surface area (Å²) in [6.45, 7) is 0.156. The molecule has 33 heavy (non-hydrogen) atoms. The van der Waals surface area contributed by atoms with Crippen LogP contribution in [0.5, 0.6) is 0 Å². The number of nitrogens with zero attached hydrogens (tertiary/aromatic N) is 4. The minimum absolute atomic E-state index is 0.150. The Balaban J connectivity index is 1.62. The fraction of sp³-hybridized carbons (Fsp3) is 0.174. The molecule has 0 aliphatic heterocycles. The molecule has 10 heteroatoms. The monoisotopic (exact) mass is 470 g/mol. The largest absolute Gasteiger partial charge is 0.416 e. The molecule has 0 unspecified atom stereocenters. The molecule has 0 atom stereocenters. The number of thiophene rings is 1. The van der Waals surface area contributed by atoms with Crippen LogP contribution in [0.4, 0.5) is 13.2 Å². The number of aromatic nitrogens is 4. The lowest BCUT2D eigenvalue weighted by atomic mass is 10.1. The van der Waals surface area contributed by atoms with E-state index < -0.39 is 17.4 Å². The molecule has 0 bridgehead atoms. The van der Waals surface area contributed by atoms with E-state index in [2.05, 4.69) is 5.10 Å². The Labute approximate surface area is 188 Å². The van der Waals surface area contributed by atoms with Crippen molar-refractivity contribution in [1.29, 1.82) is 0 Å². The van der Waals surface area contributed by atoms with Crippen LogP contribution in [0.2, 0.25) is 0 Å². The van der Waals surface area contributed by atoms with Crippen LogP contribution in [0.1, 0.15) is 16.7 Å². The molecule has 6 nitrogen and oxygen atoms in total. The lowest BCUT2D eigenvalue weighted by molar-refractivity contribution is -0.137. The van der Waals surface area contributed by atoms with Crippen molar-refractivity contribution < 1.29 is 13.2 Å². The van der Waals surface area contributed by atoms with Crippen molar-refractivity contribution in [1.82, 2.24) is 18.7 Å². The van der Waals surface area contributed by atoms with Gasteiger partial charge in [-0.3, -0.25) is 9.36 Å². The Morgan fingerprint density at radius 3 is 2.45 bits per heavy atom. The summed E-state index contributed by atoms with van der Waals surface area (Å²) in [6.07, 6.45) is -3.93. The van der Waals surface area contributed by atoms with Gasteiger partial charge in [-0.2, -0.15) is 13.2 Å². The first-order valence-electron chi connectivity index (χ1n) is 10.1. The molecule has 0 N–H and O–H groups in total. The summed E-state index contributed by atoms with van der Waals surface area (Å²) in [5.41, 5.74) is 0.196. The molecule has 0 aliphatic carbocycles. The molecule has 3 aromatic heterocycles. The van der Waals surface area contributed by atoms with Crippen molar-refractivity contribution in [2.24, 2.45) is 0 Å². The van der Waals surface area contributed by atoms with Gasteiger partial charge in [0, 0.05) is 6.54 Å². The molecule has 3 heterocycles. The SMILES string of the molecule is O=c1c2sccc2n2c(=O)n(Cc3cccc(C(F)(F)F)c3)nc2n1CCc1ccccc1. The minimum atomic E-state index is -4.49. The molecule has 5 rings (SSSR count). The molecule has 2 aromatic carbocycles. The van der Waals surface area contributed by atoms with Crippen LogP contribution in [0, 0.1) is 0 Å². The van der Waals surface area contributed by atoms with E-state index in [9.17, 15) is 22.8 Å². The van der Waals surface area contributed by atoms with Crippen molar-refractivity contribution in [2.45, 2.75) is 25.7 Å². The van der Waals surface area contributed by atoms with Crippen LogP contribution in [0.25, 0.3) is 16.0 Å². The third-order valence-corrected chi connectivity index (χ3v) is 6.33. The van der Waals surface area contributed by atoms with E-state index in [-0.39, 0.29) is 23.4 Å². The van der Waals surface area contributed by atoms with Gasteiger partial charge in [0.1, 0.15) is 4.70 Å². The van der Waals surface area contributed by atoms with E-state index in [1.807, 2.05) is 30.3 Å². The van der Waals surface area contributed by atoms with Crippen LogP contribution in [0.15, 0.2) is 75.6 Å². The third kappa shape index (κ3) is 3.86. The molecular weight excluding hydrogens is 453 g/mol. The number of rotatable bonds is 5. The molecule has 0 spiro atoms. The number of hydrogen-bond acceptors (Lipinski definition) is 4. The Hall–Kier alpha value is -3.66. The smallest absolute Gasteiger partial charge is 0.275 e. The maximum Gasteiger partial charge on any atom is 0.416 e. The van der Waals surface area contributed by atoms with Crippen molar-refractivity contribution in [3.8, 4) is 0 Å². The maximum absolute atomic E-state index is 13.2. The van der Waals surface area contributed by atoms with Crippen molar-refractivity contribution in [2.75, 3.05) is 0 Å². The predicted octanol–water partition coefficient (Wildman–Crippen LogP) is 4.18. The lowest BCUT2D eigenvalue weighted by Crippen LogP contribution is -2.26. The van der Waals surface area contributed by atoms with E-state index in [1.165, 1.54) is 32.4 Å². The van der Waals surface area contributed by atoms with Gasteiger partial charge in [-0.05, 0) is 41.1 Å². The van der Waals surface area contributed by atoms with Crippen LogP contribution in [-0.2, 0) is 25.7 Å². The molecule has 0 aliphatic rings. The second-order valence-electron chi connectivity index (χ2n) is 7.60. The highest BCUT2D eigenvalue weighted by Gasteiger charge is 2.30. The average molecular weight is 470 g/mol. The molecule has 0 radical (unpaired) electrons. The van der Waals surface area contributed by atoms with Crippen LogP contribution >= 0.6 is 11.3 Å². The highest BCUT2D eigenvalue weighted by atomic mass is 32.1. The summed E-state index contributed by atoms with van der Waals surface area (Å²) < 4.78 is 43.6. The summed E-state index contributed by atoms with van der Waals surface area (Å²) in [6, 6.07) is 16.1. The van der Waals surface area contributed by atoms with Crippen LogP contribution in [-0.4, -0.2) is 18.7 Å². The lowest BCUT2D eigenvalue weighted by Gasteiger charge is -2.08. The molecule has 0 saturated carbocycles. The Morgan fingerprint density at radius 1 is 0.939 bits per heavy atom. The van der Waals surface area contributed by atoms with Gasteiger partial charge in [-0.25, -0.2) is 13.9 Å². The summed E-state index contributed by atoms with van der Waals surface area (Å²) in [5.74, 6) is 0.166. The second-order valence-corrected chi connectivity index (χ2v) is 8.52. The fourth-order valence-corrected chi connectivity index (χ4v) is 4.67. The number of halogens is 3. The van der Waals surface area contributed by atoms with Gasteiger partial charge in [0.25, 0.3) is 5.56 Å². The summed E-state index contributed by atoms with van der Waals surface area (Å²) >= 11 is 1.24. The predicted molar refractivity (Wildman–Crippen MR) is 120 cm³/mol. The normalized spacial score (nSPS) is 12.1. The van der Waals surface area contributed by atoms with Gasteiger partial charge in [-0.15, -0.1) is 16.4 Å². The zero-order valence-electron chi connectivity index (χ0n) is 17.1. The van der Waals surface area contributed by atoms with Crippen LogP contribution in [0.3, 0.4) is 0 Å². The average Bonchev–Trinajstić information content (AvgIpc) is 3.39. The fourth-order valence-electron chi connectivity index (χ4n) is 3.84. The van der Waals surface area contributed by atoms with Crippen molar-refractivity contribution >= 4 is 27.3 Å². The van der Waals surface area contributed by atoms with Gasteiger partial charge in [0.2, 0.25) is 5.78 Å². The quantitative estimate of drug-likeness (QED) is 0.387. The van der Waals surface area contributed by atoms with Gasteiger partial charge < -0.3 is 0 Å². The zero-order valence-corrected chi connectivity index (χ0v) is 17.9.